The second kappa shape index (κ2) is 10.3. The smallest absolute Gasteiger partial charge is 0.269 e. The van der Waals surface area contributed by atoms with Crippen molar-refractivity contribution in [1.29, 1.82) is 0 Å². The molecular formula is C31H33ClN2O6Si. The standard InChI is InChI=1S/C31H33ClN2O6Si/c1-19-29(41(2,3)38)27(14-15-35)40-31(19)23-16-21(32)10-13-24(23)33(30(31)37)17-20-8-11-22(12-9-20)34-25-6-4-5-7-26(25)39-18-28(34)36/h4-13,16,19,27,29,35,38H,14-15,17-18H2,1-3H3/t19-,27+,29-,31+/m0/s1. The molecule has 214 valence electrons. The van der Waals surface area contributed by atoms with Crippen LogP contribution >= 0.6 is 11.6 Å². The van der Waals surface area contributed by atoms with Gasteiger partial charge in [0, 0.05) is 34.3 Å². The van der Waals surface area contributed by atoms with Gasteiger partial charge in [-0.15, -0.1) is 0 Å². The highest BCUT2D eigenvalue weighted by Gasteiger charge is 2.66. The first-order valence-electron chi connectivity index (χ1n) is 13.8. The number of aliphatic hydroxyl groups excluding tert-OH is 1. The lowest BCUT2D eigenvalue weighted by atomic mass is 9.82. The van der Waals surface area contributed by atoms with Gasteiger partial charge in [-0.3, -0.25) is 14.5 Å². The van der Waals surface area contributed by atoms with Crippen molar-refractivity contribution in [3.8, 4) is 5.75 Å². The van der Waals surface area contributed by atoms with Gasteiger partial charge in [-0.2, -0.15) is 0 Å². The number of ether oxygens (including phenoxy) is 2. The first kappa shape index (κ1) is 27.9. The second-order valence-corrected chi connectivity index (χ2v) is 16.0. The summed E-state index contributed by atoms with van der Waals surface area (Å²) < 4.78 is 12.2. The van der Waals surface area contributed by atoms with Crippen LogP contribution in [0.2, 0.25) is 23.7 Å². The zero-order valence-electron chi connectivity index (χ0n) is 23.2. The van der Waals surface area contributed by atoms with Crippen LogP contribution in [0, 0.1) is 5.92 Å². The Balaban J connectivity index is 1.34. The van der Waals surface area contributed by atoms with E-state index in [1.165, 1.54) is 0 Å². The third-order valence-corrected chi connectivity index (χ3v) is 11.3. The number of para-hydroxylation sites is 2. The van der Waals surface area contributed by atoms with Gasteiger partial charge in [0.25, 0.3) is 11.8 Å². The topological polar surface area (TPSA) is 99.5 Å². The van der Waals surface area contributed by atoms with Crippen LogP contribution in [-0.4, -0.2) is 49.4 Å². The second-order valence-electron chi connectivity index (χ2n) is 11.6. The molecular weight excluding hydrogens is 560 g/mol. The zero-order valence-corrected chi connectivity index (χ0v) is 25.0. The summed E-state index contributed by atoms with van der Waals surface area (Å²) in [5.74, 6) is -0.0341. The monoisotopic (exact) mass is 592 g/mol. The Morgan fingerprint density at radius 1 is 1.05 bits per heavy atom. The van der Waals surface area contributed by atoms with Crippen LogP contribution in [0.25, 0.3) is 0 Å². The summed E-state index contributed by atoms with van der Waals surface area (Å²) in [5.41, 5.74) is 2.13. The molecule has 2 N–H and O–H groups in total. The average molecular weight is 593 g/mol. The molecule has 1 fully saturated rings. The molecule has 0 aromatic heterocycles. The van der Waals surface area contributed by atoms with Gasteiger partial charge in [0.2, 0.25) is 0 Å². The van der Waals surface area contributed by atoms with Crippen molar-refractivity contribution in [2.45, 2.75) is 50.2 Å². The van der Waals surface area contributed by atoms with Crippen LogP contribution < -0.4 is 14.5 Å². The van der Waals surface area contributed by atoms with Gasteiger partial charge in [-0.05, 0) is 67.5 Å². The average Bonchev–Trinajstić information content (AvgIpc) is 3.36. The quantitative estimate of drug-likeness (QED) is 0.385. The molecule has 41 heavy (non-hydrogen) atoms. The Morgan fingerprint density at radius 2 is 1.78 bits per heavy atom. The van der Waals surface area contributed by atoms with Gasteiger partial charge in [-0.25, -0.2) is 0 Å². The molecule has 0 saturated carbocycles. The Bertz CT molecular complexity index is 1510. The zero-order chi connectivity index (χ0) is 29.1. The summed E-state index contributed by atoms with van der Waals surface area (Å²) in [4.78, 5) is 41.7. The van der Waals surface area contributed by atoms with E-state index in [1.807, 2.05) is 74.6 Å². The number of amides is 2. The molecule has 3 heterocycles. The van der Waals surface area contributed by atoms with Crippen molar-refractivity contribution in [3.05, 3.63) is 82.9 Å². The largest absolute Gasteiger partial charge is 0.482 e. The van der Waals surface area contributed by atoms with Crippen LogP contribution in [0.3, 0.4) is 0 Å². The highest BCUT2D eigenvalue weighted by Crippen LogP contribution is 2.60. The van der Waals surface area contributed by atoms with Gasteiger partial charge in [0.15, 0.2) is 20.5 Å². The van der Waals surface area contributed by atoms with E-state index in [4.69, 9.17) is 21.1 Å². The van der Waals surface area contributed by atoms with E-state index >= 15 is 0 Å². The Hall–Kier alpha value is -3.21. The van der Waals surface area contributed by atoms with Crippen molar-refractivity contribution in [2.75, 3.05) is 23.0 Å². The molecule has 3 aliphatic rings. The third-order valence-electron chi connectivity index (χ3n) is 8.60. The van der Waals surface area contributed by atoms with E-state index in [0.717, 1.165) is 5.56 Å². The molecule has 0 bridgehead atoms. The predicted molar refractivity (Wildman–Crippen MR) is 159 cm³/mol. The fourth-order valence-electron chi connectivity index (χ4n) is 6.92. The lowest BCUT2D eigenvalue weighted by Gasteiger charge is -2.32. The van der Waals surface area contributed by atoms with E-state index in [1.54, 1.807) is 21.9 Å². The maximum atomic E-state index is 14.4. The van der Waals surface area contributed by atoms with Crippen LogP contribution in [0.1, 0.15) is 24.5 Å². The van der Waals surface area contributed by atoms with Crippen molar-refractivity contribution < 1.29 is 29.0 Å². The molecule has 3 aromatic rings. The van der Waals surface area contributed by atoms with E-state index in [2.05, 4.69) is 0 Å². The normalized spacial score (nSPS) is 25.5. The highest BCUT2D eigenvalue weighted by molar-refractivity contribution is 6.71. The first-order valence-corrected chi connectivity index (χ1v) is 17.2. The van der Waals surface area contributed by atoms with E-state index < -0.39 is 20.0 Å². The lowest BCUT2D eigenvalue weighted by Crippen LogP contribution is -2.46. The maximum Gasteiger partial charge on any atom is 0.269 e. The van der Waals surface area contributed by atoms with E-state index in [0.29, 0.717) is 39.8 Å². The number of aliphatic hydroxyl groups is 1. The molecule has 0 unspecified atom stereocenters. The molecule has 3 aliphatic heterocycles. The number of halogens is 1. The SMILES string of the molecule is C[C@H]1[C@H]([Si](C)(C)O)[C@@H](CCO)O[C@]12C(=O)N(Cc1ccc(N3C(=O)COc4ccccc43)cc1)c1ccc(Cl)cc12. The highest BCUT2D eigenvalue weighted by atomic mass is 35.5. The fraction of sp³-hybridized carbons (Fsp3) is 0.355. The summed E-state index contributed by atoms with van der Waals surface area (Å²) in [6.45, 7) is 5.83. The van der Waals surface area contributed by atoms with Crippen LogP contribution in [0.4, 0.5) is 17.1 Å². The molecule has 6 rings (SSSR count). The molecule has 10 heteroatoms. The molecule has 8 nitrogen and oxygen atoms in total. The minimum atomic E-state index is -2.78. The Kier molecular flexibility index (Phi) is 6.99. The van der Waals surface area contributed by atoms with Crippen LogP contribution in [0.5, 0.6) is 5.75 Å². The van der Waals surface area contributed by atoms with Gasteiger partial charge >= 0.3 is 0 Å². The molecule has 1 spiro atoms. The number of hydrogen-bond acceptors (Lipinski definition) is 6. The molecule has 0 aliphatic carbocycles. The van der Waals surface area contributed by atoms with Crippen molar-refractivity contribution in [2.24, 2.45) is 5.92 Å². The van der Waals surface area contributed by atoms with Crippen molar-refractivity contribution in [3.63, 3.8) is 0 Å². The summed E-state index contributed by atoms with van der Waals surface area (Å²) in [6.07, 6.45) is -0.118. The number of hydrogen-bond donors (Lipinski definition) is 2. The summed E-state index contributed by atoms with van der Waals surface area (Å²) in [6, 6.07) is 20.4. The number of nitrogens with zero attached hydrogens (tertiary/aromatic N) is 2. The molecule has 1 saturated heterocycles. The summed E-state index contributed by atoms with van der Waals surface area (Å²) >= 11 is 6.44. The number of carbonyl (C=O) groups excluding carboxylic acids is 2. The van der Waals surface area contributed by atoms with E-state index in [9.17, 15) is 19.5 Å². The number of benzene rings is 3. The van der Waals surface area contributed by atoms with Crippen LogP contribution in [-0.2, 0) is 26.5 Å². The van der Waals surface area contributed by atoms with Gasteiger partial charge in [0.1, 0.15) is 5.75 Å². The van der Waals surface area contributed by atoms with Gasteiger partial charge in [-0.1, -0.05) is 42.8 Å². The Labute approximate surface area is 245 Å². The minimum Gasteiger partial charge on any atom is -0.482 e. The predicted octanol–water partition coefficient (Wildman–Crippen LogP) is 5.12. The number of carbonyl (C=O) groups is 2. The van der Waals surface area contributed by atoms with Gasteiger partial charge < -0.3 is 24.3 Å². The molecule has 4 atom stereocenters. The van der Waals surface area contributed by atoms with E-state index in [-0.39, 0.29) is 43.0 Å². The van der Waals surface area contributed by atoms with Crippen molar-refractivity contribution in [1.82, 2.24) is 0 Å². The molecule has 0 radical (unpaired) electrons. The van der Waals surface area contributed by atoms with Crippen LogP contribution in [0.15, 0.2) is 66.7 Å². The summed E-state index contributed by atoms with van der Waals surface area (Å²) in [7, 11) is -2.78. The van der Waals surface area contributed by atoms with Crippen molar-refractivity contribution >= 4 is 48.8 Å². The maximum absolute atomic E-state index is 14.4. The number of fused-ring (bicyclic) bond motifs is 3. The minimum absolute atomic E-state index is 0.0353. The lowest BCUT2D eigenvalue weighted by molar-refractivity contribution is -0.146. The summed E-state index contributed by atoms with van der Waals surface area (Å²) in [5, 5.41) is 10.3. The first-order chi connectivity index (χ1) is 19.6. The number of rotatable bonds is 6. The molecule has 3 aromatic carbocycles. The van der Waals surface area contributed by atoms with Gasteiger partial charge in [0.05, 0.1) is 24.0 Å². The third kappa shape index (κ3) is 4.47. The molecule has 2 amide bonds. The fourth-order valence-corrected chi connectivity index (χ4v) is 9.70. The Morgan fingerprint density at radius 3 is 2.49 bits per heavy atom. The number of anilines is 3.